The lowest BCUT2D eigenvalue weighted by molar-refractivity contribution is -0.144. The number of hydrogen-bond acceptors (Lipinski definition) is 0. The van der Waals surface area contributed by atoms with Gasteiger partial charge in [-0.05, 0) is 35.4 Å². The molecule has 0 heterocycles. The second-order valence-corrected chi connectivity index (χ2v) is 5.13. The van der Waals surface area contributed by atoms with Crippen molar-refractivity contribution < 1.29 is 52.7 Å². The van der Waals surface area contributed by atoms with Gasteiger partial charge in [0.1, 0.15) is 0 Å². The van der Waals surface area contributed by atoms with E-state index in [0.29, 0.717) is 0 Å². The van der Waals surface area contributed by atoms with Crippen LogP contribution < -0.4 is 0 Å². The van der Waals surface area contributed by atoms with Crippen LogP contribution in [0.3, 0.4) is 0 Å². The van der Waals surface area contributed by atoms with E-state index in [2.05, 4.69) is 0 Å². The Morgan fingerprint density at radius 2 is 0.692 bits per heavy atom. The van der Waals surface area contributed by atoms with E-state index < -0.39 is 70.2 Å². The monoisotopic (exact) mass is 400 g/mol. The van der Waals surface area contributed by atoms with Gasteiger partial charge in [0.05, 0.1) is 22.3 Å². The Labute approximate surface area is 136 Å². The van der Waals surface area contributed by atoms with Crippen LogP contribution in [0.2, 0.25) is 0 Å². The fourth-order valence-electron chi connectivity index (χ4n) is 2.26. The maximum absolute atomic E-state index is 12.9. The fraction of sp³-hybridized carbons (Fsp3) is 0.286. The van der Waals surface area contributed by atoms with Crippen LogP contribution in [0.1, 0.15) is 22.3 Å². The summed E-state index contributed by atoms with van der Waals surface area (Å²) in [5.74, 6) is 0. The molecule has 0 aromatic carbocycles. The molecule has 0 N–H and O–H groups in total. The Hall–Kier alpha value is -2.14. The van der Waals surface area contributed by atoms with E-state index in [4.69, 9.17) is 0 Å². The number of fused-ring (bicyclic) bond motifs is 1. The van der Waals surface area contributed by atoms with Crippen LogP contribution in [-0.4, -0.2) is 0 Å². The van der Waals surface area contributed by atoms with E-state index in [9.17, 15) is 52.7 Å². The summed E-state index contributed by atoms with van der Waals surface area (Å²) >= 11 is 0. The first-order chi connectivity index (χ1) is 11.4. The molecule has 0 amide bonds. The first-order valence-electron chi connectivity index (χ1n) is 6.33. The molecule has 0 unspecified atom stereocenters. The van der Waals surface area contributed by atoms with Crippen LogP contribution in [0.5, 0.6) is 0 Å². The van der Waals surface area contributed by atoms with Crippen molar-refractivity contribution in [2.75, 3.05) is 0 Å². The van der Waals surface area contributed by atoms with Gasteiger partial charge >= 0.3 is 24.7 Å². The van der Waals surface area contributed by atoms with Gasteiger partial charge in [-0.25, -0.2) is 0 Å². The third kappa shape index (κ3) is 3.83. The topological polar surface area (TPSA) is 0 Å². The zero-order chi connectivity index (χ0) is 20.3. The highest BCUT2D eigenvalue weighted by atomic mass is 19.4. The number of rotatable bonds is 0. The minimum absolute atomic E-state index is 0.372. The molecule has 0 saturated carbocycles. The summed E-state index contributed by atoms with van der Waals surface area (Å²) in [6, 6.07) is -1.80. The van der Waals surface area contributed by atoms with Gasteiger partial charge in [0, 0.05) is 0 Å². The van der Waals surface area contributed by atoms with Gasteiger partial charge in [0.25, 0.3) is 0 Å². The van der Waals surface area contributed by atoms with Crippen molar-refractivity contribution in [2.24, 2.45) is 0 Å². The molecule has 26 heavy (non-hydrogen) atoms. The molecule has 0 atom stereocenters. The molecule has 0 aromatic rings. The van der Waals surface area contributed by atoms with Crippen LogP contribution in [-0.2, 0) is 24.7 Å². The molecule has 144 valence electrons. The maximum atomic E-state index is 12.9. The first-order valence-corrected chi connectivity index (χ1v) is 6.33. The molecule has 12 heteroatoms. The van der Waals surface area contributed by atoms with Crippen LogP contribution in [0.15, 0.2) is 24.3 Å². The number of hydrogen-bond donors (Lipinski definition) is 0. The van der Waals surface area contributed by atoms with Gasteiger partial charge in [0.2, 0.25) is 0 Å². The Morgan fingerprint density at radius 1 is 0.385 bits per heavy atom. The van der Waals surface area contributed by atoms with Crippen molar-refractivity contribution in [1.29, 1.82) is 0 Å². The summed E-state index contributed by atoms with van der Waals surface area (Å²) in [6.45, 7) is 0. The van der Waals surface area contributed by atoms with Crippen molar-refractivity contribution in [3.63, 3.8) is 0 Å². The fourth-order valence-corrected chi connectivity index (χ4v) is 2.26. The van der Waals surface area contributed by atoms with Crippen LogP contribution in [0, 0.1) is 0 Å². The molecule has 0 aliphatic heterocycles. The number of alkyl halides is 12. The predicted octanol–water partition coefficient (Wildman–Crippen LogP) is 6.87. The molecule has 2 aliphatic carbocycles. The Bertz CT molecular complexity index is 724. The molecule has 0 saturated heterocycles. The highest BCUT2D eigenvalue weighted by molar-refractivity contribution is 5.77. The smallest absolute Gasteiger partial charge is 0.166 e. The quantitative estimate of drug-likeness (QED) is 0.424. The SMILES string of the molecule is FC(F)(F)c1cc(C(F)(F)F)cc2c(C(F)(F)F)cc(C(F)(F)F)c-2c1. The summed E-state index contributed by atoms with van der Waals surface area (Å²) in [7, 11) is 0. The average Bonchev–Trinajstić information content (AvgIpc) is 2.61. The minimum atomic E-state index is -5.52. The van der Waals surface area contributed by atoms with Crippen LogP contribution in [0.4, 0.5) is 52.7 Å². The largest absolute Gasteiger partial charge is 0.417 e. The molecular weight excluding hydrogens is 396 g/mol. The minimum Gasteiger partial charge on any atom is -0.166 e. The average molecular weight is 400 g/mol. The molecular formula is C14H4F12. The van der Waals surface area contributed by atoms with E-state index in [1.807, 2.05) is 0 Å². The van der Waals surface area contributed by atoms with Crippen LogP contribution >= 0.6 is 0 Å². The van der Waals surface area contributed by atoms with Crippen molar-refractivity contribution in [1.82, 2.24) is 0 Å². The normalized spacial score (nSPS) is 14.2. The first kappa shape index (κ1) is 20.2. The van der Waals surface area contributed by atoms with Gasteiger partial charge in [-0.1, -0.05) is 0 Å². The lowest BCUT2D eigenvalue weighted by Gasteiger charge is -2.08. The Morgan fingerprint density at radius 3 is 0.923 bits per heavy atom. The molecule has 0 nitrogen and oxygen atoms in total. The Balaban J connectivity index is 3.02. The lowest BCUT2D eigenvalue weighted by atomic mass is 10.1. The predicted molar refractivity (Wildman–Crippen MR) is 63.1 cm³/mol. The van der Waals surface area contributed by atoms with Gasteiger partial charge in [-0.15, -0.1) is 0 Å². The molecule has 0 radical (unpaired) electrons. The summed E-state index contributed by atoms with van der Waals surface area (Å²) < 4.78 is 155. The van der Waals surface area contributed by atoms with E-state index in [1.165, 1.54) is 0 Å². The van der Waals surface area contributed by atoms with Gasteiger partial charge in [0.15, 0.2) is 0 Å². The Kier molecular flexibility index (Phi) is 4.41. The molecule has 2 rings (SSSR count). The third-order valence-electron chi connectivity index (χ3n) is 3.34. The van der Waals surface area contributed by atoms with Gasteiger partial charge < -0.3 is 0 Å². The molecule has 0 spiro atoms. The third-order valence-corrected chi connectivity index (χ3v) is 3.34. The van der Waals surface area contributed by atoms with E-state index in [-0.39, 0.29) is 12.1 Å². The molecule has 0 fully saturated rings. The van der Waals surface area contributed by atoms with E-state index >= 15 is 0 Å². The molecule has 0 bridgehead atoms. The van der Waals surface area contributed by atoms with E-state index in [1.54, 1.807) is 0 Å². The van der Waals surface area contributed by atoms with Gasteiger partial charge in [-0.3, -0.25) is 0 Å². The second-order valence-electron chi connectivity index (χ2n) is 5.13. The van der Waals surface area contributed by atoms with Crippen molar-refractivity contribution >= 4 is 0 Å². The summed E-state index contributed by atoms with van der Waals surface area (Å²) in [4.78, 5) is 0. The van der Waals surface area contributed by atoms with Gasteiger partial charge in [-0.2, -0.15) is 52.7 Å². The van der Waals surface area contributed by atoms with Crippen molar-refractivity contribution in [2.45, 2.75) is 24.7 Å². The highest BCUT2D eigenvalue weighted by Gasteiger charge is 2.45. The standard InChI is InChI=1S/C14H4F12/c15-11(16,17)5-1-6(12(18,19)20)3-8-7(2-5)9(13(21,22)23)4-10(8)14(24,25)26/h1-4H. The lowest BCUT2D eigenvalue weighted by Crippen LogP contribution is -2.09. The summed E-state index contributed by atoms with van der Waals surface area (Å²) in [5, 5.41) is 0. The number of halogens is 12. The van der Waals surface area contributed by atoms with Crippen LogP contribution in [0.25, 0.3) is 11.1 Å². The van der Waals surface area contributed by atoms with E-state index in [0.717, 1.165) is 0 Å². The molecule has 2 aliphatic rings. The second kappa shape index (κ2) is 5.68. The molecule has 0 aromatic heterocycles. The highest BCUT2D eigenvalue weighted by Crippen LogP contribution is 2.49. The zero-order valence-electron chi connectivity index (χ0n) is 11.8. The maximum Gasteiger partial charge on any atom is 0.417 e. The summed E-state index contributed by atoms with van der Waals surface area (Å²) in [6.07, 6.45) is -22.1. The van der Waals surface area contributed by atoms with Crippen molar-refractivity contribution in [3.8, 4) is 11.1 Å². The summed E-state index contributed by atoms with van der Waals surface area (Å²) in [5.41, 5.74) is -11.8. The van der Waals surface area contributed by atoms with Crippen molar-refractivity contribution in [3.05, 3.63) is 46.5 Å². The zero-order valence-corrected chi connectivity index (χ0v) is 11.8.